The number of fused-ring (bicyclic) bond motifs is 1. The van der Waals surface area contributed by atoms with Crippen LogP contribution in [-0.4, -0.2) is 24.2 Å². The Morgan fingerprint density at radius 1 is 1.09 bits per heavy atom. The zero-order valence-electron chi connectivity index (χ0n) is 11.2. The van der Waals surface area contributed by atoms with Gasteiger partial charge in [0.2, 0.25) is 0 Å². The maximum Gasteiger partial charge on any atom is 0.573 e. The first-order valence-electron chi connectivity index (χ1n) is 6.42. The Balaban J connectivity index is 1.97. The fourth-order valence-corrected chi connectivity index (χ4v) is 2.25. The van der Waals surface area contributed by atoms with E-state index in [1.807, 2.05) is 0 Å². The molecule has 1 heterocycles. The molecule has 2 aromatic carbocycles. The van der Waals surface area contributed by atoms with Gasteiger partial charge in [-0.2, -0.15) is 0 Å². The standard InChI is InChI=1S/C15H11F3N2O2/c16-15(17,18)22-10-3-1-9(2-4-10)11-5-6-12(21)14-13(11)19-7-8-20-14/h1-6,8,19,21H,7H2. The molecule has 0 aromatic heterocycles. The zero-order chi connectivity index (χ0) is 15.7. The van der Waals surface area contributed by atoms with Crippen molar-refractivity contribution in [2.24, 2.45) is 4.99 Å². The highest BCUT2D eigenvalue weighted by Gasteiger charge is 2.31. The van der Waals surface area contributed by atoms with Crippen LogP contribution in [0, 0.1) is 0 Å². The predicted octanol–water partition coefficient (Wildman–Crippen LogP) is 4.09. The molecule has 7 heteroatoms. The van der Waals surface area contributed by atoms with Crippen LogP contribution in [0.25, 0.3) is 11.1 Å². The third-order valence-electron chi connectivity index (χ3n) is 3.15. The molecule has 1 aliphatic heterocycles. The van der Waals surface area contributed by atoms with Crippen LogP contribution in [0.4, 0.5) is 24.5 Å². The zero-order valence-corrected chi connectivity index (χ0v) is 11.2. The first-order valence-corrected chi connectivity index (χ1v) is 6.42. The summed E-state index contributed by atoms with van der Waals surface area (Å²) in [5.74, 6) is -0.242. The van der Waals surface area contributed by atoms with Crippen molar-refractivity contribution in [3.63, 3.8) is 0 Å². The highest BCUT2D eigenvalue weighted by atomic mass is 19.4. The number of nitrogens with zero attached hydrogens (tertiary/aromatic N) is 1. The van der Waals surface area contributed by atoms with E-state index in [9.17, 15) is 18.3 Å². The molecule has 0 atom stereocenters. The van der Waals surface area contributed by atoms with E-state index in [-0.39, 0.29) is 11.5 Å². The molecule has 0 unspecified atom stereocenters. The summed E-state index contributed by atoms with van der Waals surface area (Å²) >= 11 is 0. The van der Waals surface area contributed by atoms with Gasteiger partial charge in [0.1, 0.15) is 17.2 Å². The lowest BCUT2D eigenvalue weighted by Crippen LogP contribution is -2.16. The topological polar surface area (TPSA) is 53.9 Å². The first kappa shape index (κ1) is 14.2. The number of aliphatic imine (C=N–C) groups is 1. The normalized spacial score (nSPS) is 13.4. The molecular formula is C15H11F3N2O2. The van der Waals surface area contributed by atoms with Crippen molar-refractivity contribution in [1.82, 2.24) is 0 Å². The number of ether oxygens (including phenoxy) is 1. The summed E-state index contributed by atoms with van der Waals surface area (Å²) < 4.78 is 40.3. The van der Waals surface area contributed by atoms with Gasteiger partial charge in [-0.05, 0) is 29.8 Å². The number of phenols is 1. The molecule has 0 amide bonds. The molecule has 0 bridgehead atoms. The van der Waals surface area contributed by atoms with E-state index in [1.54, 1.807) is 12.3 Å². The number of alkyl halides is 3. The maximum atomic E-state index is 12.2. The summed E-state index contributed by atoms with van der Waals surface area (Å²) in [6.45, 7) is 0.513. The molecule has 0 aliphatic carbocycles. The fourth-order valence-electron chi connectivity index (χ4n) is 2.25. The van der Waals surface area contributed by atoms with Crippen LogP contribution >= 0.6 is 0 Å². The molecule has 114 valence electrons. The van der Waals surface area contributed by atoms with Gasteiger partial charge in [-0.25, -0.2) is 0 Å². The Morgan fingerprint density at radius 3 is 2.50 bits per heavy atom. The van der Waals surface area contributed by atoms with Gasteiger partial charge < -0.3 is 15.2 Å². The highest BCUT2D eigenvalue weighted by molar-refractivity contribution is 5.93. The lowest BCUT2D eigenvalue weighted by molar-refractivity contribution is -0.274. The van der Waals surface area contributed by atoms with Gasteiger partial charge >= 0.3 is 6.36 Å². The lowest BCUT2D eigenvalue weighted by Gasteiger charge is -2.18. The monoisotopic (exact) mass is 308 g/mol. The largest absolute Gasteiger partial charge is 0.573 e. The molecule has 2 aromatic rings. The van der Waals surface area contributed by atoms with Crippen LogP contribution < -0.4 is 10.1 Å². The summed E-state index contributed by atoms with van der Waals surface area (Å²) in [5, 5.41) is 12.9. The average Bonchev–Trinajstić information content (AvgIpc) is 2.48. The Labute approximate surface area is 123 Å². The summed E-state index contributed by atoms with van der Waals surface area (Å²) in [5.41, 5.74) is 2.49. The quantitative estimate of drug-likeness (QED) is 0.878. The van der Waals surface area contributed by atoms with Gasteiger partial charge in [0.05, 0.1) is 12.2 Å². The molecule has 2 N–H and O–H groups in total. The lowest BCUT2D eigenvalue weighted by atomic mass is 10.0. The second-order valence-corrected chi connectivity index (χ2v) is 4.62. The SMILES string of the molecule is Oc1ccc(-c2ccc(OC(F)(F)F)cc2)c2c1N=CCN2. The molecule has 0 saturated heterocycles. The smallest absolute Gasteiger partial charge is 0.506 e. The Morgan fingerprint density at radius 2 is 1.82 bits per heavy atom. The van der Waals surface area contributed by atoms with Crippen molar-refractivity contribution < 1.29 is 23.0 Å². The number of halogens is 3. The molecule has 1 aliphatic rings. The van der Waals surface area contributed by atoms with Gasteiger partial charge in [0, 0.05) is 11.8 Å². The molecule has 4 nitrogen and oxygen atoms in total. The van der Waals surface area contributed by atoms with E-state index in [0.29, 0.717) is 23.5 Å². The predicted molar refractivity (Wildman–Crippen MR) is 76.9 cm³/mol. The van der Waals surface area contributed by atoms with Gasteiger partial charge in [-0.1, -0.05) is 12.1 Å². The molecule has 22 heavy (non-hydrogen) atoms. The van der Waals surface area contributed by atoms with E-state index in [2.05, 4.69) is 15.0 Å². The Bertz CT molecular complexity index is 725. The van der Waals surface area contributed by atoms with Crippen LogP contribution in [0.1, 0.15) is 0 Å². The molecule has 0 radical (unpaired) electrons. The minimum absolute atomic E-state index is 0.0409. The third kappa shape index (κ3) is 2.83. The van der Waals surface area contributed by atoms with Crippen LogP contribution in [0.2, 0.25) is 0 Å². The Hall–Kier alpha value is -2.70. The van der Waals surface area contributed by atoms with Crippen molar-refractivity contribution in [1.29, 1.82) is 0 Å². The number of benzene rings is 2. The summed E-state index contributed by atoms with van der Waals surface area (Å²) in [4.78, 5) is 4.13. The number of rotatable bonds is 2. The summed E-state index contributed by atoms with van der Waals surface area (Å²) in [6, 6.07) is 8.71. The van der Waals surface area contributed by atoms with Gasteiger partial charge in [0.25, 0.3) is 0 Å². The van der Waals surface area contributed by atoms with Crippen molar-refractivity contribution in [3.8, 4) is 22.6 Å². The van der Waals surface area contributed by atoms with Crippen LogP contribution in [0.15, 0.2) is 41.4 Å². The van der Waals surface area contributed by atoms with Gasteiger partial charge in [0.15, 0.2) is 0 Å². The van der Waals surface area contributed by atoms with E-state index in [1.165, 1.54) is 30.3 Å². The minimum Gasteiger partial charge on any atom is -0.506 e. The number of aromatic hydroxyl groups is 1. The Kier molecular flexibility index (Phi) is 3.40. The molecular weight excluding hydrogens is 297 g/mol. The van der Waals surface area contributed by atoms with Crippen LogP contribution in [-0.2, 0) is 0 Å². The van der Waals surface area contributed by atoms with Gasteiger partial charge in [-0.15, -0.1) is 13.2 Å². The number of nitrogens with one attached hydrogen (secondary N) is 1. The number of phenolic OH excluding ortho intramolecular Hbond substituents is 1. The first-order chi connectivity index (χ1) is 10.4. The number of hydrogen-bond acceptors (Lipinski definition) is 4. The second kappa shape index (κ2) is 5.25. The van der Waals surface area contributed by atoms with E-state index >= 15 is 0 Å². The number of hydrogen-bond donors (Lipinski definition) is 2. The third-order valence-corrected chi connectivity index (χ3v) is 3.15. The van der Waals surface area contributed by atoms with Gasteiger partial charge in [-0.3, -0.25) is 4.99 Å². The average molecular weight is 308 g/mol. The molecule has 0 spiro atoms. The minimum atomic E-state index is -4.71. The second-order valence-electron chi connectivity index (χ2n) is 4.62. The highest BCUT2D eigenvalue weighted by Crippen LogP contribution is 2.43. The summed E-state index contributed by atoms with van der Waals surface area (Å²) in [7, 11) is 0. The van der Waals surface area contributed by atoms with Crippen molar-refractivity contribution in [2.45, 2.75) is 6.36 Å². The van der Waals surface area contributed by atoms with E-state index in [0.717, 1.165) is 5.56 Å². The van der Waals surface area contributed by atoms with Crippen molar-refractivity contribution >= 4 is 17.6 Å². The van der Waals surface area contributed by atoms with E-state index in [4.69, 9.17) is 0 Å². The van der Waals surface area contributed by atoms with Crippen LogP contribution in [0.3, 0.4) is 0 Å². The number of anilines is 1. The fraction of sp³-hybridized carbons (Fsp3) is 0.133. The molecule has 3 rings (SSSR count). The summed E-state index contributed by atoms with van der Waals surface area (Å²) in [6.07, 6.45) is -3.08. The van der Waals surface area contributed by atoms with Crippen LogP contribution in [0.5, 0.6) is 11.5 Å². The molecule has 0 fully saturated rings. The van der Waals surface area contributed by atoms with Crippen molar-refractivity contribution in [3.05, 3.63) is 36.4 Å². The molecule has 0 saturated carbocycles. The maximum absolute atomic E-state index is 12.2. The van der Waals surface area contributed by atoms with E-state index < -0.39 is 6.36 Å². The van der Waals surface area contributed by atoms with Crippen molar-refractivity contribution in [2.75, 3.05) is 11.9 Å².